The molecule has 0 aliphatic carbocycles. The standard InChI is InChI=1S/C14H16BrN3O5/c1-8(19)16-9-3-4-17(7-9)13-5-10(14(20)23-2)12(18(21)22)6-11(13)15/h5-6,9H,3-4,7H2,1-2H3,(H,16,19)/t9-/m0/s1. The molecule has 0 radical (unpaired) electrons. The fraction of sp³-hybridized carbons (Fsp3) is 0.429. The molecule has 1 fully saturated rings. The minimum Gasteiger partial charge on any atom is -0.465 e. The van der Waals surface area contributed by atoms with Gasteiger partial charge in [0, 0.05) is 36.6 Å². The van der Waals surface area contributed by atoms with Gasteiger partial charge in [-0.25, -0.2) is 4.79 Å². The van der Waals surface area contributed by atoms with Crippen LogP contribution in [-0.2, 0) is 9.53 Å². The van der Waals surface area contributed by atoms with E-state index in [0.717, 1.165) is 6.42 Å². The number of anilines is 1. The second-order valence-corrected chi connectivity index (χ2v) is 6.06. The Morgan fingerprint density at radius 2 is 2.17 bits per heavy atom. The highest BCUT2D eigenvalue weighted by atomic mass is 79.9. The first kappa shape index (κ1) is 17.2. The molecule has 1 aromatic carbocycles. The Kier molecular flexibility index (Phi) is 5.19. The lowest BCUT2D eigenvalue weighted by Gasteiger charge is -2.21. The minimum absolute atomic E-state index is 0.0103. The van der Waals surface area contributed by atoms with Crippen LogP contribution in [0.15, 0.2) is 16.6 Å². The van der Waals surface area contributed by atoms with Gasteiger partial charge >= 0.3 is 5.97 Å². The van der Waals surface area contributed by atoms with Crippen LogP contribution in [0.1, 0.15) is 23.7 Å². The van der Waals surface area contributed by atoms with Crippen LogP contribution >= 0.6 is 15.9 Å². The van der Waals surface area contributed by atoms with Crippen molar-refractivity contribution in [2.75, 3.05) is 25.1 Å². The highest BCUT2D eigenvalue weighted by molar-refractivity contribution is 9.10. The molecule has 1 aliphatic rings. The van der Waals surface area contributed by atoms with Crippen LogP contribution in [0, 0.1) is 10.1 Å². The number of nitrogens with zero attached hydrogens (tertiary/aromatic N) is 2. The number of carbonyl (C=O) groups excluding carboxylic acids is 2. The van der Waals surface area contributed by atoms with Crippen molar-refractivity contribution in [2.24, 2.45) is 0 Å². The Labute approximate surface area is 141 Å². The van der Waals surface area contributed by atoms with Crippen LogP contribution in [0.3, 0.4) is 0 Å². The zero-order valence-electron chi connectivity index (χ0n) is 12.7. The molecule has 0 bridgehead atoms. The van der Waals surface area contributed by atoms with Crippen LogP contribution in [0.2, 0.25) is 0 Å². The monoisotopic (exact) mass is 385 g/mol. The Bertz CT molecular complexity index is 664. The number of nitro groups is 1. The van der Waals surface area contributed by atoms with Gasteiger partial charge in [-0.15, -0.1) is 0 Å². The predicted molar refractivity (Wildman–Crippen MR) is 86.6 cm³/mol. The number of amides is 1. The first-order chi connectivity index (χ1) is 10.8. The molecule has 1 amide bonds. The third-order valence-corrected chi connectivity index (χ3v) is 4.24. The molecular weight excluding hydrogens is 370 g/mol. The summed E-state index contributed by atoms with van der Waals surface area (Å²) in [5, 5.41) is 14.0. The van der Waals surface area contributed by atoms with Crippen molar-refractivity contribution in [3.8, 4) is 0 Å². The van der Waals surface area contributed by atoms with E-state index in [1.807, 2.05) is 4.90 Å². The number of methoxy groups -OCH3 is 1. The number of hydrogen-bond donors (Lipinski definition) is 1. The molecule has 0 spiro atoms. The second kappa shape index (κ2) is 6.95. The molecule has 0 saturated carbocycles. The number of halogens is 1. The number of carbonyl (C=O) groups is 2. The Hall–Kier alpha value is -2.16. The van der Waals surface area contributed by atoms with Gasteiger partial charge in [-0.1, -0.05) is 0 Å². The fourth-order valence-electron chi connectivity index (χ4n) is 2.60. The van der Waals surface area contributed by atoms with E-state index < -0.39 is 10.9 Å². The first-order valence-electron chi connectivity index (χ1n) is 6.91. The Morgan fingerprint density at radius 3 is 2.74 bits per heavy atom. The first-order valence-corrected chi connectivity index (χ1v) is 7.71. The summed E-state index contributed by atoms with van der Waals surface area (Å²) in [5.41, 5.74) is 0.243. The molecule has 8 nitrogen and oxygen atoms in total. The molecule has 124 valence electrons. The van der Waals surface area contributed by atoms with Gasteiger partial charge in [-0.3, -0.25) is 14.9 Å². The lowest BCUT2D eigenvalue weighted by atomic mass is 10.1. The number of nitrogens with one attached hydrogen (secondary N) is 1. The van der Waals surface area contributed by atoms with Crippen LogP contribution < -0.4 is 10.2 Å². The van der Waals surface area contributed by atoms with Crippen molar-refractivity contribution in [1.29, 1.82) is 0 Å². The third-order valence-electron chi connectivity index (χ3n) is 3.60. The predicted octanol–water partition coefficient (Wildman–Crippen LogP) is 1.86. The third kappa shape index (κ3) is 3.79. The van der Waals surface area contributed by atoms with Gasteiger partial charge in [0.25, 0.3) is 5.69 Å². The molecule has 1 aromatic rings. The van der Waals surface area contributed by atoms with Gasteiger partial charge in [0.05, 0.1) is 17.7 Å². The normalized spacial score (nSPS) is 17.0. The summed E-state index contributed by atoms with van der Waals surface area (Å²) in [6.45, 7) is 2.69. The van der Waals surface area contributed by atoms with E-state index in [-0.39, 0.29) is 23.2 Å². The van der Waals surface area contributed by atoms with Crippen molar-refractivity contribution in [2.45, 2.75) is 19.4 Å². The molecule has 1 atom stereocenters. The van der Waals surface area contributed by atoms with E-state index >= 15 is 0 Å². The number of esters is 1. The molecule has 1 N–H and O–H groups in total. The zero-order chi connectivity index (χ0) is 17.1. The molecule has 0 unspecified atom stereocenters. The van der Waals surface area contributed by atoms with Gasteiger partial charge in [0.15, 0.2) is 0 Å². The van der Waals surface area contributed by atoms with E-state index in [1.165, 1.54) is 26.2 Å². The van der Waals surface area contributed by atoms with Crippen LogP contribution in [-0.4, -0.2) is 43.0 Å². The molecule has 1 saturated heterocycles. The summed E-state index contributed by atoms with van der Waals surface area (Å²) in [5.74, 6) is -0.863. The molecular formula is C14H16BrN3O5. The molecule has 23 heavy (non-hydrogen) atoms. The molecule has 9 heteroatoms. The summed E-state index contributed by atoms with van der Waals surface area (Å²) < 4.78 is 5.14. The zero-order valence-corrected chi connectivity index (χ0v) is 14.3. The van der Waals surface area contributed by atoms with Crippen LogP contribution in [0.4, 0.5) is 11.4 Å². The van der Waals surface area contributed by atoms with Crippen LogP contribution in [0.25, 0.3) is 0 Å². The van der Waals surface area contributed by atoms with E-state index in [0.29, 0.717) is 23.2 Å². The maximum atomic E-state index is 11.8. The summed E-state index contributed by atoms with van der Waals surface area (Å²) >= 11 is 3.32. The highest BCUT2D eigenvalue weighted by Gasteiger charge is 2.29. The van der Waals surface area contributed by atoms with Crippen molar-refractivity contribution in [3.05, 3.63) is 32.3 Å². The highest BCUT2D eigenvalue weighted by Crippen LogP contribution is 2.35. The van der Waals surface area contributed by atoms with E-state index in [9.17, 15) is 19.7 Å². The SMILES string of the molecule is COC(=O)c1cc(N2CC[C@H](NC(C)=O)C2)c(Br)cc1[N+](=O)[O-]. The van der Waals surface area contributed by atoms with E-state index in [4.69, 9.17) is 0 Å². The molecule has 0 aromatic heterocycles. The summed E-state index contributed by atoms with van der Waals surface area (Å²) in [4.78, 5) is 35.4. The number of rotatable bonds is 4. The maximum absolute atomic E-state index is 11.8. The molecule has 2 rings (SSSR count). The number of nitro benzene ring substituents is 1. The number of ether oxygens (including phenoxy) is 1. The molecule has 1 heterocycles. The summed E-state index contributed by atoms with van der Waals surface area (Å²) in [7, 11) is 1.18. The second-order valence-electron chi connectivity index (χ2n) is 5.20. The topological polar surface area (TPSA) is 102 Å². The fourth-order valence-corrected chi connectivity index (χ4v) is 3.18. The Balaban J connectivity index is 2.34. The van der Waals surface area contributed by atoms with Crippen molar-refractivity contribution in [3.63, 3.8) is 0 Å². The average molecular weight is 386 g/mol. The lowest BCUT2D eigenvalue weighted by Crippen LogP contribution is -2.35. The van der Waals surface area contributed by atoms with E-state index in [2.05, 4.69) is 26.0 Å². The van der Waals surface area contributed by atoms with Gasteiger partial charge in [0.1, 0.15) is 5.56 Å². The lowest BCUT2D eigenvalue weighted by molar-refractivity contribution is -0.385. The van der Waals surface area contributed by atoms with Crippen molar-refractivity contribution in [1.82, 2.24) is 5.32 Å². The average Bonchev–Trinajstić information content (AvgIpc) is 2.93. The van der Waals surface area contributed by atoms with Gasteiger partial charge in [-0.2, -0.15) is 0 Å². The van der Waals surface area contributed by atoms with Crippen molar-refractivity contribution < 1.29 is 19.2 Å². The quantitative estimate of drug-likeness (QED) is 0.482. The number of benzene rings is 1. The Morgan fingerprint density at radius 1 is 1.48 bits per heavy atom. The summed E-state index contributed by atoms with van der Waals surface area (Å²) in [6.07, 6.45) is 0.760. The summed E-state index contributed by atoms with van der Waals surface area (Å²) in [6, 6.07) is 2.76. The maximum Gasteiger partial charge on any atom is 0.344 e. The smallest absolute Gasteiger partial charge is 0.344 e. The van der Waals surface area contributed by atoms with Gasteiger partial charge in [0.2, 0.25) is 5.91 Å². The van der Waals surface area contributed by atoms with Crippen LogP contribution in [0.5, 0.6) is 0 Å². The molecule has 1 aliphatic heterocycles. The van der Waals surface area contributed by atoms with Crippen molar-refractivity contribution >= 4 is 39.2 Å². The van der Waals surface area contributed by atoms with Gasteiger partial charge in [-0.05, 0) is 28.4 Å². The minimum atomic E-state index is -0.761. The van der Waals surface area contributed by atoms with Gasteiger partial charge < -0.3 is 15.0 Å². The number of hydrogen-bond acceptors (Lipinski definition) is 6. The van der Waals surface area contributed by atoms with E-state index in [1.54, 1.807) is 0 Å². The largest absolute Gasteiger partial charge is 0.465 e.